The summed E-state index contributed by atoms with van der Waals surface area (Å²) in [6, 6.07) is 14.8. The number of rotatable bonds is 12. The summed E-state index contributed by atoms with van der Waals surface area (Å²) < 4.78 is 18.4. The van der Waals surface area contributed by atoms with E-state index < -0.39 is 0 Å². The lowest BCUT2D eigenvalue weighted by Gasteiger charge is -2.29. The smallest absolute Gasteiger partial charge is 0.334 e. The highest BCUT2D eigenvalue weighted by Gasteiger charge is 2.15. The number of esters is 1. The minimum atomic E-state index is -0.281. The molecule has 8 nitrogen and oxygen atoms in total. The minimum Gasteiger partial charge on any atom is -0.495 e. The molecule has 0 amide bonds. The Bertz CT molecular complexity index is 1260. The van der Waals surface area contributed by atoms with Crippen LogP contribution in [0.2, 0.25) is 0 Å². The number of carbonyl (C=O) groups is 1. The van der Waals surface area contributed by atoms with Crippen molar-refractivity contribution in [3.05, 3.63) is 77.4 Å². The number of methoxy groups -OCH3 is 1. The molecule has 39 heavy (non-hydrogen) atoms. The van der Waals surface area contributed by atoms with E-state index in [0.29, 0.717) is 24.4 Å². The van der Waals surface area contributed by atoms with E-state index in [1.807, 2.05) is 48.9 Å². The number of ether oxygens (including phenoxy) is 3. The number of hydrogen-bond acceptors (Lipinski definition) is 7. The van der Waals surface area contributed by atoms with Crippen LogP contribution in [0.5, 0.6) is 5.75 Å². The maximum atomic E-state index is 12.8. The average Bonchev–Trinajstić information content (AvgIpc) is 3.40. The van der Waals surface area contributed by atoms with Crippen LogP contribution < -0.4 is 15.0 Å². The van der Waals surface area contributed by atoms with Gasteiger partial charge in [0, 0.05) is 36.6 Å². The van der Waals surface area contributed by atoms with Gasteiger partial charge < -0.3 is 29.0 Å². The molecule has 4 rings (SSSR count). The Morgan fingerprint density at radius 2 is 2.03 bits per heavy atom. The molecule has 1 N–H and O–H groups in total. The van der Waals surface area contributed by atoms with Crippen molar-refractivity contribution in [2.24, 2.45) is 0 Å². The maximum Gasteiger partial charge on any atom is 0.334 e. The van der Waals surface area contributed by atoms with E-state index in [1.165, 1.54) is 11.3 Å². The van der Waals surface area contributed by atoms with Crippen molar-refractivity contribution in [1.82, 2.24) is 14.9 Å². The molecule has 2 aromatic carbocycles. The second kappa shape index (κ2) is 14.0. The molecule has 0 aliphatic carbocycles. The largest absolute Gasteiger partial charge is 0.495 e. The number of imidazole rings is 1. The third-order valence-corrected chi connectivity index (χ3v) is 6.89. The highest BCUT2D eigenvalue weighted by atomic mass is 16.5. The molecule has 0 radical (unpaired) electrons. The zero-order valence-electron chi connectivity index (χ0n) is 23.5. The van der Waals surface area contributed by atoms with Gasteiger partial charge in [-0.2, -0.15) is 0 Å². The minimum absolute atomic E-state index is 0.199. The third-order valence-electron chi connectivity index (χ3n) is 6.89. The summed E-state index contributed by atoms with van der Waals surface area (Å²) in [5.74, 6) is 0.427. The highest BCUT2D eigenvalue weighted by Crippen LogP contribution is 2.27. The number of hydrogen-bond donors (Lipinski definition) is 1. The lowest BCUT2D eigenvalue weighted by atomic mass is 10.0. The molecular formula is C31H40N4O4. The topological polar surface area (TPSA) is 77.9 Å². The van der Waals surface area contributed by atoms with Gasteiger partial charge in [-0.05, 0) is 81.6 Å². The number of morpholine rings is 1. The quantitative estimate of drug-likeness (QED) is 0.197. The van der Waals surface area contributed by atoms with Gasteiger partial charge in [0.2, 0.25) is 0 Å². The lowest BCUT2D eigenvalue weighted by molar-refractivity contribution is -0.138. The predicted octanol–water partition coefficient (Wildman–Crippen LogP) is 5.10. The normalized spacial score (nSPS) is 14.8. The van der Waals surface area contributed by atoms with Crippen LogP contribution in [0.3, 0.4) is 0 Å². The van der Waals surface area contributed by atoms with Gasteiger partial charge in [-0.15, -0.1) is 0 Å². The molecule has 1 atom stereocenters. The molecule has 1 unspecified atom stereocenters. The standard InChI is InChI=1S/C31H40N4O4/c1-5-39-31(36)27(18-25-11-12-29(30(19-25)37-4)35-21-23(2)33-22-35)9-7-13-32-24(3)26-8-6-10-28(20-26)34-14-16-38-17-15-34/h6,8,10-12,18-22,24,32H,5,7,9,13-17H2,1-4H3/b27-18+. The highest BCUT2D eigenvalue weighted by molar-refractivity contribution is 5.93. The summed E-state index contributed by atoms with van der Waals surface area (Å²) in [7, 11) is 1.64. The monoisotopic (exact) mass is 532 g/mol. The zero-order chi connectivity index (χ0) is 27.6. The van der Waals surface area contributed by atoms with E-state index >= 15 is 0 Å². The number of anilines is 1. The van der Waals surface area contributed by atoms with Gasteiger partial charge >= 0.3 is 5.97 Å². The number of benzene rings is 2. The van der Waals surface area contributed by atoms with Gasteiger partial charge in [0.1, 0.15) is 5.75 Å². The molecule has 1 aliphatic rings. The third kappa shape index (κ3) is 7.71. The molecule has 1 aliphatic heterocycles. The molecule has 1 saturated heterocycles. The van der Waals surface area contributed by atoms with Crippen LogP contribution in [-0.4, -0.2) is 62.1 Å². The van der Waals surface area contributed by atoms with E-state index in [2.05, 4.69) is 46.4 Å². The van der Waals surface area contributed by atoms with Gasteiger partial charge in [0.15, 0.2) is 0 Å². The molecule has 3 aromatic rings. The Hall–Kier alpha value is -3.62. The lowest BCUT2D eigenvalue weighted by Crippen LogP contribution is -2.36. The van der Waals surface area contributed by atoms with Crippen molar-refractivity contribution < 1.29 is 19.0 Å². The average molecular weight is 533 g/mol. The Morgan fingerprint density at radius 1 is 1.21 bits per heavy atom. The number of nitrogens with zero attached hydrogens (tertiary/aromatic N) is 3. The van der Waals surface area contributed by atoms with Crippen LogP contribution in [0.25, 0.3) is 11.8 Å². The van der Waals surface area contributed by atoms with Crippen molar-refractivity contribution in [2.45, 2.75) is 39.7 Å². The van der Waals surface area contributed by atoms with Crippen molar-refractivity contribution in [3.8, 4) is 11.4 Å². The first-order valence-corrected chi connectivity index (χ1v) is 13.7. The van der Waals surface area contributed by atoms with Crippen LogP contribution in [0.15, 0.2) is 60.6 Å². The molecule has 8 heteroatoms. The van der Waals surface area contributed by atoms with Crippen LogP contribution >= 0.6 is 0 Å². The summed E-state index contributed by atoms with van der Waals surface area (Å²) in [5.41, 5.74) is 5.84. The summed E-state index contributed by atoms with van der Waals surface area (Å²) in [5, 5.41) is 3.61. The first-order chi connectivity index (χ1) is 19.0. The van der Waals surface area contributed by atoms with Crippen LogP contribution in [0, 0.1) is 6.92 Å². The van der Waals surface area contributed by atoms with Crippen molar-refractivity contribution in [2.75, 3.05) is 51.5 Å². The van der Waals surface area contributed by atoms with Gasteiger partial charge in [-0.25, -0.2) is 9.78 Å². The summed E-state index contributed by atoms with van der Waals surface area (Å²) in [6.07, 6.45) is 7.03. The number of carbonyl (C=O) groups excluding carboxylic acids is 1. The van der Waals surface area contributed by atoms with Gasteiger partial charge in [-0.3, -0.25) is 0 Å². The molecule has 0 bridgehead atoms. The summed E-state index contributed by atoms with van der Waals surface area (Å²) in [4.78, 5) is 19.4. The molecule has 208 valence electrons. The van der Waals surface area contributed by atoms with Crippen LogP contribution in [-0.2, 0) is 14.3 Å². The Morgan fingerprint density at radius 3 is 2.74 bits per heavy atom. The van der Waals surface area contributed by atoms with Gasteiger partial charge in [-0.1, -0.05) is 18.2 Å². The fourth-order valence-corrected chi connectivity index (χ4v) is 4.74. The fourth-order valence-electron chi connectivity index (χ4n) is 4.74. The summed E-state index contributed by atoms with van der Waals surface area (Å²) in [6.45, 7) is 10.5. The summed E-state index contributed by atoms with van der Waals surface area (Å²) >= 11 is 0. The molecular weight excluding hydrogens is 492 g/mol. The number of aromatic nitrogens is 2. The van der Waals surface area contributed by atoms with Crippen molar-refractivity contribution >= 4 is 17.7 Å². The Labute approximate surface area is 231 Å². The molecule has 1 fully saturated rings. The SMILES string of the molecule is CCOC(=O)/C(=C/c1ccc(-n2cnc(C)c2)c(OC)c1)CCCNC(C)c1cccc(N2CCOCC2)c1. The van der Waals surface area contributed by atoms with Crippen LogP contribution in [0.4, 0.5) is 5.69 Å². The van der Waals surface area contributed by atoms with Crippen molar-refractivity contribution in [3.63, 3.8) is 0 Å². The van der Waals surface area contributed by atoms with E-state index in [0.717, 1.165) is 56.2 Å². The van der Waals surface area contributed by atoms with E-state index in [4.69, 9.17) is 14.2 Å². The van der Waals surface area contributed by atoms with Crippen LogP contribution in [0.1, 0.15) is 49.6 Å². The zero-order valence-corrected chi connectivity index (χ0v) is 23.5. The molecule has 0 spiro atoms. The second-order valence-corrected chi connectivity index (χ2v) is 9.72. The Kier molecular flexibility index (Phi) is 10.2. The van der Waals surface area contributed by atoms with Crippen molar-refractivity contribution in [1.29, 1.82) is 0 Å². The number of nitrogens with one attached hydrogen (secondary N) is 1. The first-order valence-electron chi connectivity index (χ1n) is 13.7. The van der Waals surface area contributed by atoms with Gasteiger partial charge in [0.05, 0.1) is 44.6 Å². The second-order valence-electron chi connectivity index (χ2n) is 9.72. The maximum absolute atomic E-state index is 12.8. The molecule has 0 saturated carbocycles. The fraction of sp³-hybridized carbons (Fsp3) is 0.419. The van der Waals surface area contributed by atoms with E-state index in [1.54, 1.807) is 13.4 Å². The first kappa shape index (κ1) is 28.4. The molecule has 1 aromatic heterocycles. The van der Waals surface area contributed by atoms with E-state index in [9.17, 15) is 4.79 Å². The van der Waals surface area contributed by atoms with E-state index in [-0.39, 0.29) is 12.0 Å². The van der Waals surface area contributed by atoms with Gasteiger partial charge in [0.25, 0.3) is 0 Å². The number of aryl methyl sites for hydroxylation is 1. The molecule has 2 heterocycles. The predicted molar refractivity (Wildman–Crippen MR) is 155 cm³/mol. The Balaban J connectivity index is 1.39.